The fourth-order valence-corrected chi connectivity index (χ4v) is 3.09. The molecule has 0 saturated carbocycles. The predicted molar refractivity (Wildman–Crippen MR) is 111 cm³/mol. The highest BCUT2D eigenvalue weighted by Crippen LogP contribution is 2.32. The maximum absolute atomic E-state index is 12.3. The number of primary amides is 1. The van der Waals surface area contributed by atoms with E-state index in [-0.39, 0.29) is 18.0 Å². The van der Waals surface area contributed by atoms with Gasteiger partial charge < -0.3 is 15.8 Å². The summed E-state index contributed by atoms with van der Waals surface area (Å²) in [6.45, 7) is 5.28. The van der Waals surface area contributed by atoms with Crippen molar-refractivity contribution in [1.29, 1.82) is 0 Å². The highest BCUT2D eigenvalue weighted by molar-refractivity contribution is 6.09. The van der Waals surface area contributed by atoms with Gasteiger partial charge in [-0.05, 0) is 50.6 Å². The Morgan fingerprint density at radius 3 is 2.55 bits per heavy atom. The normalized spacial score (nSPS) is 10.6. The number of esters is 1. The quantitative estimate of drug-likeness (QED) is 0.489. The summed E-state index contributed by atoms with van der Waals surface area (Å²) < 4.78 is 5.10. The Balaban J connectivity index is 2.23. The summed E-state index contributed by atoms with van der Waals surface area (Å²) in [4.78, 5) is 40.3. The minimum absolute atomic E-state index is 0.0798. The molecule has 2 aromatic carbocycles. The second-order valence-electron chi connectivity index (χ2n) is 6.58. The minimum atomic E-state index is -0.663. The Morgan fingerprint density at radius 2 is 1.90 bits per heavy atom. The molecule has 3 N–H and O–H groups in total. The van der Waals surface area contributed by atoms with E-state index in [1.165, 1.54) is 13.1 Å². The molecular formula is C22H21N3O4. The number of hydrogen-bond donors (Lipinski definition) is 2. The molecule has 7 heteroatoms. The summed E-state index contributed by atoms with van der Waals surface area (Å²) in [5.41, 5.74) is 8.99. The molecule has 29 heavy (non-hydrogen) atoms. The van der Waals surface area contributed by atoms with Crippen LogP contribution in [0.15, 0.2) is 42.6 Å². The van der Waals surface area contributed by atoms with Crippen LogP contribution in [0.5, 0.6) is 0 Å². The number of carbonyl (C=O) groups is 3. The summed E-state index contributed by atoms with van der Waals surface area (Å²) in [6, 6.07) is 10.2. The van der Waals surface area contributed by atoms with Crippen molar-refractivity contribution in [2.75, 3.05) is 11.9 Å². The monoisotopic (exact) mass is 391 g/mol. The average Bonchev–Trinajstić information content (AvgIpc) is 2.68. The smallest absolute Gasteiger partial charge is 0.338 e. The number of ether oxygens (including phenoxy) is 1. The first-order valence-corrected chi connectivity index (χ1v) is 9.10. The summed E-state index contributed by atoms with van der Waals surface area (Å²) >= 11 is 0. The van der Waals surface area contributed by atoms with Crippen LogP contribution in [0.1, 0.15) is 50.5 Å². The van der Waals surface area contributed by atoms with E-state index in [0.29, 0.717) is 33.4 Å². The van der Waals surface area contributed by atoms with E-state index < -0.39 is 11.9 Å². The molecule has 0 aliphatic rings. The van der Waals surface area contributed by atoms with Gasteiger partial charge in [0.15, 0.2) is 5.78 Å². The predicted octanol–water partition coefficient (Wildman–Crippen LogP) is 3.77. The highest BCUT2D eigenvalue weighted by Gasteiger charge is 2.18. The van der Waals surface area contributed by atoms with Crippen LogP contribution >= 0.6 is 0 Å². The Bertz CT molecular complexity index is 1140. The van der Waals surface area contributed by atoms with E-state index in [4.69, 9.17) is 10.5 Å². The number of pyridine rings is 1. The molecule has 0 bridgehead atoms. The van der Waals surface area contributed by atoms with Gasteiger partial charge in [-0.2, -0.15) is 0 Å². The first-order chi connectivity index (χ1) is 13.8. The molecule has 3 aromatic rings. The zero-order chi connectivity index (χ0) is 21.1. The van der Waals surface area contributed by atoms with Crippen molar-refractivity contribution in [3.05, 3.63) is 64.8 Å². The lowest BCUT2D eigenvalue weighted by molar-refractivity contribution is 0.0526. The molecule has 1 aromatic heterocycles. The van der Waals surface area contributed by atoms with Crippen molar-refractivity contribution in [2.45, 2.75) is 20.8 Å². The Kier molecular flexibility index (Phi) is 5.59. The van der Waals surface area contributed by atoms with Gasteiger partial charge in [0.2, 0.25) is 0 Å². The van der Waals surface area contributed by atoms with Crippen LogP contribution in [0.4, 0.5) is 11.4 Å². The van der Waals surface area contributed by atoms with Gasteiger partial charge >= 0.3 is 5.97 Å². The molecule has 0 radical (unpaired) electrons. The first kappa shape index (κ1) is 20.0. The van der Waals surface area contributed by atoms with E-state index in [1.807, 2.05) is 6.92 Å². The van der Waals surface area contributed by atoms with Crippen LogP contribution in [-0.2, 0) is 4.74 Å². The Morgan fingerprint density at radius 1 is 1.14 bits per heavy atom. The lowest BCUT2D eigenvalue weighted by atomic mass is 10.0. The molecule has 7 nitrogen and oxygen atoms in total. The molecule has 0 atom stereocenters. The fourth-order valence-electron chi connectivity index (χ4n) is 3.09. The number of Topliss-reactive ketones (excluding diaryl/α,β-unsaturated/α-hetero) is 1. The zero-order valence-electron chi connectivity index (χ0n) is 16.4. The number of amides is 1. The summed E-state index contributed by atoms with van der Waals surface area (Å²) in [7, 11) is 0. The second kappa shape index (κ2) is 8.10. The van der Waals surface area contributed by atoms with Crippen molar-refractivity contribution in [3.8, 4) is 0 Å². The lowest BCUT2D eigenvalue weighted by Crippen LogP contribution is -2.15. The molecular weight excluding hydrogens is 370 g/mol. The SMILES string of the molecule is CCOC(=O)c1cc(C)c2ncc(C(N)=O)c(Nc3cccc(C(C)=O)c3)c2c1. The second-order valence-corrected chi connectivity index (χ2v) is 6.58. The zero-order valence-corrected chi connectivity index (χ0v) is 16.4. The molecule has 3 rings (SSSR count). The van der Waals surface area contributed by atoms with Gasteiger partial charge in [-0.15, -0.1) is 0 Å². The molecule has 0 aliphatic carbocycles. The van der Waals surface area contributed by atoms with Crippen LogP contribution in [0.3, 0.4) is 0 Å². The van der Waals surface area contributed by atoms with Crippen LogP contribution in [0, 0.1) is 6.92 Å². The van der Waals surface area contributed by atoms with Gasteiger partial charge in [-0.25, -0.2) is 4.79 Å². The van der Waals surface area contributed by atoms with Crippen molar-refractivity contribution in [1.82, 2.24) is 4.98 Å². The van der Waals surface area contributed by atoms with Gasteiger partial charge in [0, 0.05) is 22.8 Å². The fraction of sp³-hybridized carbons (Fsp3) is 0.182. The van der Waals surface area contributed by atoms with Gasteiger partial charge in [0.25, 0.3) is 5.91 Å². The number of nitrogens with one attached hydrogen (secondary N) is 1. The number of fused-ring (bicyclic) bond motifs is 1. The third-order valence-corrected chi connectivity index (χ3v) is 4.48. The number of hydrogen-bond acceptors (Lipinski definition) is 6. The van der Waals surface area contributed by atoms with Crippen LogP contribution in [-0.4, -0.2) is 29.3 Å². The summed E-state index contributed by atoms with van der Waals surface area (Å²) in [5, 5.41) is 3.73. The van der Waals surface area contributed by atoms with Gasteiger partial charge in [0.05, 0.1) is 28.9 Å². The summed E-state index contributed by atoms with van der Waals surface area (Å²) in [5.74, 6) is -1.21. The van der Waals surface area contributed by atoms with Gasteiger partial charge in [-0.1, -0.05) is 12.1 Å². The average molecular weight is 391 g/mol. The molecule has 1 heterocycles. The molecule has 0 spiro atoms. The largest absolute Gasteiger partial charge is 0.462 e. The number of nitrogens with two attached hydrogens (primary N) is 1. The molecule has 148 valence electrons. The summed E-state index contributed by atoms with van der Waals surface area (Å²) in [6.07, 6.45) is 1.40. The molecule has 0 saturated heterocycles. The standard InChI is InChI=1S/C22H21N3O4/c1-4-29-22(28)15-8-12(2)19-17(10-15)20(18(11-24-19)21(23)27)25-16-7-5-6-14(9-16)13(3)26/h5-11H,4H2,1-3H3,(H2,23,27)(H,24,25). The number of carbonyl (C=O) groups excluding carboxylic acids is 3. The van der Waals surface area contributed by atoms with Gasteiger partial charge in [0.1, 0.15) is 0 Å². The number of benzene rings is 2. The molecule has 0 fully saturated rings. The van der Waals surface area contributed by atoms with Crippen LogP contribution in [0.2, 0.25) is 0 Å². The van der Waals surface area contributed by atoms with Crippen molar-refractivity contribution >= 4 is 39.9 Å². The molecule has 0 aliphatic heterocycles. The molecule has 1 amide bonds. The van der Waals surface area contributed by atoms with Gasteiger partial charge in [-0.3, -0.25) is 14.6 Å². The van der Waals surface area contributed by atoms with Crippen LogP contribution in [0.25, 0.3) is 10.9 Å². The topological polar surface area (TPSA) is 111 Å². The minimum Gasteiger partial charge on any atom is -0.462 e. The third kappa shape index (κ3) is 4.08. The number of aryl methyl sites for hydroxylation is 1. The Labute approximate surface area is 167 Å². The van der Waals surface area contributed by atoms with Crippen LogP contribution < -0.4 is 11.1 Å². The maximum Gasteiger partial charge on any atom is 0.338 e. The van der Waals surface area contributed by atoms with Crippen molar-refractivity contribution < 1.29 is 19.1 Å². The van der Waals surface area contributed by atoms with E-state index in [9.17, 15) is 14.4 Å². The van der Waals surface area contributed by atoms with E-state index in [2.05, 4.69) is 10.3 Å². The lowest BCUT2D eigenvalue weighted by Gasteiger charge is -2.15. The first-order valence-electron chi connectivity index (χ1n) is 9.10. The van der Waals surface area contributed by atoms with Crippen molar-refractivity contribution in [3.63, 3.8) is 0 Å². The number of ketones is 1. The maximum atomic E-state index is 12.3. The van der Waals surface area contributed by atoms with E-state index in [1.54, 1.807) is 43.3 Å². The Hall–Kier alpha value is -3.74. The highest BCUT2D eigenvalue weighted by atomic mass is 16.5. The number of aromatic nitrogens is 1. The third-order valence-electron chi connectivity index (χ3n) is 4.48. The van der Waals surface area contributed by atoms with Crippen molar-refractivity contribution in [2.24, 2.45) is 5.73 Å². The molecule has 0 unspecified atom stereocenters. The van der Waals surface area contributed by atoms with E-state index >= 15 is 0 Å². The number of nitrogens with zero attached hydrogens (tertiary/aromatic N) is 1. The number of anilines is 2. The van der Waals surface area contributed by atoms with E-state index in [0.717, 1.165) is 5.56 Å². The number of rotatable bonds is 6.